The summed E-state index contributed by atoms with van der Waals surface area (Å²) in [5.41, 5.74) is 4.73. The van der Waals surface area contributed by atoms with Crippen LogP contribution in [0.5, 0.6) is 0 Å². The Morgan fingerprint density at radius 3 is 2.67 bits per heavy atom. The van der Waals surface area contributed by atoms with Gasteiger partial charge in [-0.15, -0.1) is 5.10 Å². The van der Waals surface area contributed by atoms with Crippen molar-refractivity contribution in [1.82, 2.24) is 15.0 Å². The molecule has 0 spiro atoms. The molecule has 1 saturated carbocycles. The molecule has 100 valence electrons. The van der Waals surface area contributed by atoms with Gasteiger partial charge in [-0.2, -0.15) is 0 Å². The summed E-state index contributed by atoms with van der Waals surface area (Å²) in [7, 11) is 0. The molecule has 0 saturated heterocycles. The maximum Gasteiger partial charge on any atom is 0.281 e. The summed E-state index contributed by atoms with van der Waals surface area (Å²) in [5.74, 6) is -0.314. The number of primary amides is 1. The number of carbonyl (C=O) groups is 1. The molecule has 0 radical (unpaired) electrons. The van der Waals surface area contributed by atoms with Gasteiger partial charge in [-0.3, -0.25) is 4.79 Å². The Bertz CT molecular complexity index is 442. The molecule has 0 aliphatic heterocycles. The highest BCUT2D eigenvalue weighted by molar-refractivity contribution is 5.76. The molecule has 1 heterocycles. The van der Waals surface area contributed by atoms with E-state index in [9.17, 15) is 13.6 Å². The summed E-state index contributed by atoms with van der Waals surface area (Å²) < 4.78 is 27.4. The lowest BCUT2D eigenvalue weighted by Gasteiger charge is -2.31. The van der Waals surface area contributed by atoms with Crippen LogP contribution in [-0.4, -0.2) is 20.9 Å². The van der Waals surface area contributed by atoms with Gasteiger partial charge >= 0.3 is 0 Å². The van der Waals surface area contributed by atoms with E-state index in [1.807, 2.05) is 6.92 Å². The Balaban J connectivity index is 2.28. The van der Waals surface area contributed by atoms with Crippen LogP contribution in [0.3, 0.4) is 0 Å². The standard InChI is InChI=1S/C11H16F2N4O/c1-6(7-3-2-4-7)17-10(11(12)13)8(15-16-17)5-9(14)18/h6-7,11H,2-5H2,1H3,(H2,14,18). The highest BCUT2D eigenvalue weighted by Crippen LogP contribution is 2.37. The highest BCUT2D eigenvalue weighted by atomic mass is 19.3. The van der Waals surface area contributed by atoms with Gasteiger partial charge in [-0.25, -0.2) is 13.5 Å². The van der Waals surface area contributed by atoms with E-state index in [4.69, 9.17) is 5.73 Å². The van der Waals surface area contributed by atoms with Crippen LogP contribution in [0, 0.1) is 5.92 Å². The molecule has 1 fully saturated rings. The summed E-state index contributed by atoms with van der Waals surface area (Å²) in [6.45, 7) is 1.86. The lowest BCUT2D eigenvalue weighted by Crippen LogP contribution is -2.25. The Morgan fingerprint density at radius 2 is 2.22 bits per heavy atom. The van der Waals surface area contributed by atoms with Gasteiger partial charge in [0.1, 0.15) is 11.4 Å². The third-order valence-electron chi connectivity index (χ3n) is 3.57. The van der Waals surface area contributed by atoms with Crippen LogP contribution in [0.25, 0.3) is 0 Å². The van der Waals surface area contributed by atoms with Gasteiger partial charge in [-0.1, -0.05) is 11.6 Å². The number of aromatic nitrogens is 3. The van der Waals surface area contributed by atoms with Crippen molar-refractivity contribution in [3.05, 3.63) is 11.4 Å². The van der Waals surface area contributed by atoms with Gasteiger partial charge in [0.2, 0.25) is 5.91 Å². The maximum atomic E-state index is 13.1. The Kier molecular flexibility index (Phi) is 3.58. The number of hydrogen-bond acceptors (Lipinski definition) is 3. The predicted octanol–water partition coefficient (Wildman–Crippen LogP) is 1.60. The lowest BCUT2D eigenvalue weighted by atomic mass is 9.80. The smallest absolute Gasteiger partial charge is 0.281 e. The maximum absolute atomic E-state index is 13.1. The number of rotatable bonds is 5. The molecule has 0 aromatic carbocycles. The van der Waals surface area contributed by atoms with E-state index in [1.165, 1.54) is 4.68 Å². The van der Waals surface area contributed by atoms with Crippen molar-refractivity contribution in [3.63, 3.8) is 0 Å². The average Bonchev–Trinajstić information content (AvgIpc) is 2.57. The molecule has 1 atom stereocenters. The van der Waals surface area contributed by atoms with Crippen LogP contribution in [0.4, 0.5) is 8.78 Å². The van der Waals surface area contributed by atoms with Crippen LogP contribution in [0.15, 0.2) is 0 Å². The predicted molar refractivity (Wildman–Crippen MR) is 59.9 cm³/mol. The molecule has 7 heteroatoms. The molecular weight excluding hydrogens is 242 g/mol. The Morgan fingerprint density at radius 1 is 1.56 bits per heavy atom. The van der Waals surface area contributed by atoms with E-state index in [-0.39, 0.29) is 23.9 Å². The van der Waals surface area contributed by atoms with Crippen LogP contribution in [-0.2, 0) is 11.2 Å². The van der Waals surface area contributed by atoms with E-state index in [2.05, 4.69) is 10.3 Å². The molecule has 2 N–H and O–H groups in total. The number of carbonyl (C=O) groups excluding carboxylic acids is 1. The summed E-state index contributed by atoms with van der Waals surface area (Å²) in [6.07, 6.45) is 0.180. The first-order valence-electron chi connectivity index (χ1n) is 6.01. The topological polar surface area (TPSA) is 73.8 Å². The van der Waals surface area contributed by atoms with Gasteiger partial charge < -0.3 is 5.73 Å². The highest BCUT2D eigenvalue weighted by Gasteiger charge is 2.31. The number of amides is 1. The van der Waals surface area contributed by atoms with Gasteiger partial charge in [0.15, 0.2) is 0 Å². The fourth-order valence-electron chi connectivity index (χ4n) is 2.27. The van der Waals surface area contributed by atoms with E-state index in [1.54, 1.807) is 0 Å². The summed E-state index contributed by atoms with van der Waals surface area (Å²) >= 11 is 0. The van der Waals surface area contributed by atoms with Crippen LogP contribution in [0.2, 0.25) is 0 Å². The number of hydrogen-bond donors (Lipinski definition) is 1. The van der Waals surface area contributed by atoms with Crippen molar-refractivity contribution >= 4 is 5.91 Å². The van der Waals surface area contributed by atoms with Crippen molar-refractivity contribution in [3.8, 4) is 0 Å². The van der Waals surface area contributed by atoms with Crippen molar-refractivity contribution in [2.75, 3.05) is 0 Å². The minimum absolute atomic E-state index is 0.0105. The Labute approximate surface area is 103 Å². The molecule has 18 heavy (non-hydrogen) atoms. The fourth-order valence-corrected chi connectivity index (χ4v) is 2.27. The van der Waals surface area contributed by atoms with Gasteiger partial charge in [-0.05, 0) is 25.7 Å². The van der Waals surface area contributed by atoms with Crippen molar-refractivity contribution in [2.45, 2.75) is 45.1 Å². The lowest BCUT2D eigenvalue weighted by molar-refractivity contribution is -0.117. The average molecular weight is 258 g/mol. The zero-order valence-corrected chi connectivity index (χ0v) is 10.1. The van der Waals surface area contributed by atoms with Crippen molar-refractivity contribution < 1.29 is 13.6 Å². The summed E-state index contributed by atoms with van der Waals surface area (Å²) in [4.78, 5) is 10.8. The monoisotopic (exact) mass is 258 g/mol. The molecule has 1 amide bonds. The number of halogens is 2. The van der Waals surface area contributed by atoms with Gasteiger partial charge in [0, 0.05) is 0 Å². The SMILES string of the molecule is CC(C1CCC1)n1nnc(CC(N)=O)c1C(F)F. The number of nitrogens with zero attached hydrogens (tertiary/aromatic N) is 3. The second kappa shape index (κ2) is 4.99. The first kappa shape index (κ1) is 12.9. The van der Waals surface area contributed by atoms with E-state index in [0.717, 1.165) is 19.3 Å². The summed E-state index contributed by atoms with van der Waals surface area (Å²) in [6, 6.07) is -0.114. The van der Waals surface area contributed by atoms with E-state index in [0.29, 0.717) is 5.92 Å². The normalized spacial score (nSPS) is 17.8. The molecule has 1 aliphatic carbocycles. The molecule has 1 aromatic heterocycles. The molecule has 5 nitrogen and oxygen atoms in total. The second-order valence-corrected chi connectivity index (χ2v) is 4.74. The van der Waals surface area contributed by atoms with Gasteiger partial charge in [0.25, 0.3) is 6.43 Å². The number of alkyl halides is 2. The first-order valence-corrected chi connectivity index (χ1v) is 6.01. The minimum Gasteiger partial charge on any atom is -0.369 e. The van der Waals surface area contributed by atoms with Crippen molar-refractivity contribution in [2.24, 2.45) is 11.7 Å². The van der Waals surface area contributed by atoms with Crippen LogP contribution in [0.1, 0.15) is 50.0 Å². The molecule has 1 aliphatic rings. The molecule has 1 aromatic rings. The second-order valence-electron chi connectivity index (χ2n) is 4.74. The van der Waals surface area contributed by atoms with Crippen LogP contribution >= 0.6 is 0 Å². The first-order chi connectivity index (χ1) is 8.50. The third-order valence-corrected chi connectivity index (χ3v) is 3.57. The fraction of sp³-hybridized carbons (Fsp3) is 0.727. The van der Waals surface area contributed by atoms with E-state index >= 15 is 0 Å². The largest absolute Gasteiger partial charge is 0.369 e. The van der Waals surface area contributed by atoms with E-state index < -0.39 is 12.3 Å². The quantitative estimate of drug-likeness (QED) is 0.871. The number of nitrogens with two attached hydrogens (primary N) is 1. The molecule has 1 unspecified atom stereocenters. The van der Waals surface area contributed by atoms with Crippen molar-refractivity contribution in [1.29, 1.82) is 0 Å². The minimum atomic E-state index is -2.70. The molecular formula is C11H16F2N4O. The van der Waals surface area contributed by atoms with Crippen LogP contribution < -0.4 is 5.73 Å². The molecule has 0 bridgehead atoms. The summed E-state index contributed by atoms with van der Waals surface area (Å²) in [5, 5.41) is 7.44. The molecule has 2 rings (SSSR count). The van der Waals surface area contributed by atoms with Gasteiger partial charge in [0.05, 0.1) is 12.5 Å². The zero-order chi connectivity index (χ0) is 13.3. The Hall–Kier alpha value is -1.53. The zero-order valence-electron chi connectivity index (χ0n) is 10.1. The third kappa shape index (κ3) is 2.34.